The molecule has 1 aliphatic carbocycles. The van der Waals surface area contributed by atoms with Gasteiger partial charge in [-0.3, -0.25) is 4.79 Å². The second-order valence-corrected chi connectivity index (χ2v) is 6.79. The standard InChI is InChI=1S/C16H30N2O/c1-4-9-16(10-11-17-12-16)15(19)18(3)14-7-5-13(2)6-8-14/h13-14,17H,4-12H2,1-3H3. The lowest BCUT2D eigenvalue weighted by Gasteiger charge is -2.39. The quantitative estimate of drug-likeness (QED) is 0.848. The fourth-order valence-corrected chi connectivity index (χ4v) is 3.89. The molecule has 1 saturated carbocycles. The van der Waals surface area contributed by atoms with Crippen molar-refractivity contribution in [1.82, 2.24) is 10.2 Å². The first-order valence-corrected chi connectivity index (χ1v) is 8.07. The van der Waals surface area contributed by atoms with Gasteiger partial charge in [-0.2, -0.15) is 0 Å². The highest BCUT2D eigenvalue weighted by molar-refractivity contribution is 5.83. The zero-order valence-corrected chi connectivity index (χ0v) is 12.9. The summed E-state index contributed by atoms with van der Waals surface area (Å²) in [5.41, 5.74) is -0.105. The summed E-state index contributed by atoms with van der Waals surface area (Å²) in [6.45, 7) is 6.40. The maximum Gasteiger partial charge on any atom is 0.230 e. The SMILES string of the molecule is CCCC1(C(=O)N(C)C2CCC(C)CC2)CCNC1. The first-order chi connectivity index (χ1) is 9.09. The largest absolute Gasteiger partial charge is 0.342 e. The van der Waals surface area contributed by atoms with Crippen molar-refractivity contribution in [2.45, 2.75) is 64.8 Å². The van der Waals surface area contributed by atoms with Gasteiger partial charge in [-0.05, 0) is 51.0 Å². The smallest absolute Gasteiger partial charge is 0.230 e. The van der Waals surface area contributed by atoms with Crippen LogP contribution in [0.3, 0.4) is 0 Å². The fraction of sp³-hybridized carbons (Fsp3) is 0.938. The van der Waals surface area contributed by atoms with Crippen LogP contribution in [0, 0.1) is 11.3 Å². The van der Waals surface area contributed by atoms with Crippen molar-refractivity contribution in [1.29, 1.82) is 0 Å². The minimum absolute atomic E-state index is 0.105. The van der Waals surface area contributed by atoms with Crippen LogP contribution in [0.4, 0.5) is 0 Å². The van der Waals surface area contributed by atoms with Gasteiger partial charge in [0, 0.05) is 19.6 Å². The molecule has 0 bridgehead atoms. The van der Waals surface area contributed by atoms with Crippen LogP contribution >= 0.6 is 0 Å². The zero-order valence-electron chi connectivity index (χ0n) is 12.9. The van der Waals surface area contributed by atoms with Gasteiger partial charge < -0.3 is 10.2 Å². The van der Waals surface area contributed by atoms with Crippen molar-refractivity contribution in [3.05, 3.63) is 0 Å². The van der Waals surface area contributed by atoms with Gasteiger partial charge in [0.2, 0.25) is 5.91 Å². The van der Waals surface area contributed by atoms with Crippen LogP contribution in [0.5, 0.6) is 0 Å². The van der Waals surface area contributed by atoms with Crippen LogP contribution in [0.1, 0.15) is 58.8 Å². The van der Waals surface area contributed by atoms with E-state index in [1.807, 2.05) is 7.05 Å². The maximum absolute atomic E-state index is 12.9. The van der Waals surface area contributed by atoms with Crippen molar-refractivity contribution in [2.24, 2.45) is 11.3 Å². The van der Waals surface area contributed by atoms with E-state index in [0.29, 0.717) is 11.9 Å². The van der Waals surface area contributed by atoms with Crippen molar-refractivity contribution >= 4 is 5.91 Å². The van der Waals surface area contributed by atoms with Gasteiger partial charge in [-0.1, -0.05) is 20.3 Å². The number of nitrogens with zero attached hydrogens (tertiary/aromatic N) is 1. The molecule has 0 spiro atoms. The summed E-state index contributed by atoms with van der Waals surface area (Å²) in [7, 11) is 2.04. The number of carbonyl (C=O) groups excluding carboxylic acids is 1. The molecule has 19 heavy (non-hydrogen) atoms. The van der Waals surface area contributed by atoms with Crippen LogP contribution in [-0.4, -0.2) is 37.0 Å². The number of rotatable bonds is 4. The van der Waals surface area contributed by atoms with Crippen molar-refractivity contribution in [3.8, 4) is 0 Å². The molecule has 1 aliphatic heterocycles. The van der Waals surface area contributed by atoms with Gasteiger partial charge in [0.1, 0.15) is 0 Å². The van der Waals surface area contributed by atoms with Crippen LogP contribution in [0.25, 0.3) is 0 Å². The second-order valence-electron chi connectivity index (χ2n) is 6.79. The summed E-state index contributed by atoms with van der Waals surface area (Å²) in [6, 6.07) is 0.484. The fourth-order valence-electron chi connectivity index (χ4n) is 3.89. The van der Waals surface area contributed by atoms with E-state index in [9.17, 15) is 4.79 Å². The summed E-state index contributed by atoms with van der Waals surface area (Å²) < 4.78 is 0. The van der Waals surface area contributed by atoms with Crippen LogP contribution in [0.15, 0.2) is 0 Å². The Morgan fingerprint density at radius 1 is 1.32 bits per heavy atom. The Balaban J connectivity index is 2.00. The lowest BCUT2D eigenvalue weighted by molar-refractivity contribution is -0.143. The lowest BCUT2D eigenvalue weighted by Crippen LogP contribution is -2.48. The monoisotopic (exact) mass is 266 g/mol. The van der Waals surface area contributed by atoms with E-state index in [2.05, 4.69) is 24.1 Å². The highest BCUT2D eigenvalue weighted by Crippen LogP contribution is 2.35. The molecule has 110 valence electrons. The molecule has 2 aliphatic rings. The highest BCUT2D eigenvalue weighted by atomic mass is 16.2. The van der Waals surface area contributed by atoms with E-state index < -0.39 is 0 Å². The molecule has 0 aromatic rings. The molecule has 1 N–H and O–H groups in total. The molecular weight excluding hydrogens is 236 g/mol. The van der Waals surface area contributed by atoms with Gasteiger partial charge >= 0.3 is 0 Å². The molecule has 1 unspecified atom stereocenters. The number of hydrogen-bond donors (Lipinski definition) is 1. The summed E-state index contributed by atoms with van der Waals surface area (Å²) in [5, 5.41) is 3.40. The average Bonchev–Trinajstić information content (AvgIpc) is 2.88. The van der Waals surface area contributed by atoms with Gasteiger partial charge in [0.25, 0.3) is 0 Å². The molecule has 0 radical (unpaired) electrons. The Bertz CT molecular complexity index is 302. The van der Waals surface area contributed by atoms with Crippen LogP contribution < -0.4 is 5.32 Å². The van der Waals surface area contributed by atoms with E-state index in [0.717, 1.165) is 38.3 Å². The molecule has 1 amide bonds. The van der Waals surface area contributed by atoms with Crippen LogP contribution in [-0.2, 0) is 4.79 Å². The van der Waals surface area contributed by atoms with Gasteiger partial charge in [-0.15, -0.1) is 0 Å². The van der Waals surface area contributed by atoms with Crippen molar-refractivity contribution in [2.75, 3.05) is 20.1 Å². The molecule has 2 fully saturated rings. The minimum Gasteiger partial charge on any atom is -0.342 e. The van der Waals surface area contributed by atoms with E-state index in [1.165, 1.54) is 25.7 Å². The molecular formula is C16H30N2O. The van der Waals surface area contributed by atoms with E-state index >= 15 is 0 Å². The normalized spacial score (nSPS) is 35.3. The molecule has 1 saturated heterocycles. The third kappa shape index (κ3) is 3.13. The minimum atomic E-state index is -0.105. The first-order valence-electron chi connectivity index (χ1n) is 8.07. The Labute approximate surface area is 118 Å². The van der Waals surface area contributed by atoms with Crippen molar-refractivity contribution < 1.29 is 4.79 Å². The Morgan fingerprint density at radius 3 is 2.53 bits per heavy atom. The molecule has 0 aromatic heterocycles. The van der Waals surface area contributed by atoms with E-state index in [-0.39, 0.29) is 5.41 Å². The summed E-state index contributed by atoms with van der Waals surface area (Å²) in [4.78, 5) is 15.0. The van der Waals surface area contributed by atoms with Crippen LogP contribution in [0.2, 0.25) is 0 Å². The van der Waals surface area contributed by atoms with E-state index in [1.54, 1.807) is 0 Å². The number of carbonyl (C=O) groups is 1. The third-order valence-corrected chi connectivity index (χ3v) is 5.28. The molecule has 0 aromatic carbocycles. The van der Waals surface area contributed by atoms with Gasteiger partial charge in [0.05, 0.1) is 5.41 Å². The summed E-state index contributed by atoms with van der Waals surface area (Å²) >= 11 is 0. The molecule has 1 heterocycles. The topological polar surface area (TPSA) is 32.3 Å². The summed E-state index contributed by atoms with van der Waals surface area (Å²) in [6.07, 6.45) is 8.10. The Hall–Kier alpha value is -0.570. The maximum atomic E-state index is 12.9. The number of hydrogen-bond acceptors (Lipinski definition) is 2. The molecule has 3 nitrogen and oxygen atoms in total. The van der Waals surface area contributed by atoms with Gasteiger partial charge in [-0.25, -0.2) is 0 Å². The molecule has 2 rings (SSSR count). The molecule has 3 heteroatoms. The third-order valence-electron chi connectivity index (χ3n) is 5.28. The predicted octanol–water partition coefficient (Wildman–Crippen LogP) is 2.80. The Morgan fingerprint density at radius 2 is 2.00 bits per heavy atom. The lowest BCUT2D eigenvalue weighted by atomic mass is 9.79. The van der Waals surface area contributed by atoms with Gasteiger partial charge in [0.15, 0.2) is 0 Å². The molecule has 1 atom stereocenters. The first kappa shape index (κ1) is 14.8. The Kier molecular flexibility index (Phi) is 4.88. The second kappa shape index (κ2) is 6.25. The predicted molar refractivity (Wildman–Crippen MR) is 79.0 cm³/mol. The zero-order chi connectivity index (χ0) is 13.9. The number of amides is 1. The van der Waals surface area contributed by atoms with E-state index in [4.69, 9.17) is 0 Å². The van der Waals surface area contributed by atoms with Crippen molar-refractivity contribution in [3.63, 3.8) is 0 Å². The summed E-state index contributed by atoms with van der Waals surface area (Å²) in [5.74, 6) is 1.25. The number of nitrogens with one attached hydrogen (secondary N) is 1. The average molecular weight is 266 g/mol. The highest BCUT2D eigenvalue weighted by Gasteiger charge is 2.43.